The van der Waals surface area contributed by atoms with Crippen LogP contribution in [-0.4, -0.2) is 74.2 Å². The minimum Gasteiger partial charge on any atom is -0.491 e. The highest BCUT2D eigenvalue weighted by molar-refractivity contribution is 14.0. The predicted octanol–water partition coefficient (Wildman–Crippen LogP) is 3.73. The normalized spacial score (nSPS) is 16.9. The lowest BCUT2D eigenvalue weighted by molar-refractivity contribution is 0.0900. The van der Waals surface area contributed by atoms with Crippen molar-refractivity contribution < 1.29 is 4.74 Å². The molecule has 0 aliphatic carbocycles. The average molecular weight is 546 g/mol. The molecule has 6 nitrogen and oxygen atoms in total. The maximum absolute atomic E-state index is 6.02. The van der Waals surface area contributed by atoms with E-state index in [0.717, 1.165) is 56.5 Å². The zero-order valence-electron chi connectivity index (χ0n) is 20.6. The molecule has 0 bridgehead atoms. The summed E-state index contributed by atoms with van der Waals surface area (Å²) in [6, 6.07) is 6.86. The van der Waals surface area contributed by atoms with Gasteiger partial charge in [-0.2, -0.15) is 0 Å². The predicted molar refractivity (Wildman–Crippen MR) is 143 cm³/mol. The molecule has 0 radical (unpaired) electrons. The third-order valence-electron chi connectivity index (χ3n) is 5.59. The smallest absolute Gasteiger partial charge is 0.191 e. The number of hydrogen-bond donors (Lipinski definition) is 2. The molecule has 1 aromatic rings. The van der Waals surface area contributed by atoms with E-state index in [2.05, 4.69) is 87.2 Å². The lowest BCUT2D eigenvalue weighted by Crippen LogP contribution is -2.55. The van der Waals surface area contributed by atoms with E-state index >= 15 is 0 Å². The SMILES string of the molecule is CCNC(=NCc1ccc(C)cc1OC(C)C)NCC(C(C)C)N1CCN(C)CC1.I. The van der Waals surface area contributed by atoms with E-state index < -0.39 is 0 Å². The number of ether oxygens (including phenoxy) is 1. The molecule has 1 aliphatic heterocycles. The van der Waals surface area contributed by atoms with E-state index in [1.807, 2.05) is 0 Å². The summed E-state index contributed by atoms with van der Waals surface area (Å²) in [4.78, 5) is 9.89. The Kier molecular flexibility index (Phi) is 12.8. The van der Waals surface area contributed by atoms with Gasteiger partial charge in [-0.05, 0) is 52.3 Å². The zero-order chi connectivity index (χ0) is 22.1. The van der Waals surface area contributed by atoms with E-state index in [-0.39, 0.29) is 30.1 Å². The van der Waals surface area contributed by atoms with E-state index in [1.54, 1.807) is 0 Å². The van der Waals surface area contributed by atoms with Crippen LogP contribution in [0.1, 0.15) is 45.7 Å². The van der Waals surface area contributed by atoms with Crippen molar-refractivity contribution in [1.29, 1.82) is 0 Å². The van der Waals surface area contributed by atoms with E-state index in [1.165, 1.54) is 5.56 Å². The van der Waals surface area contributed by atoms with Gasteiger partial charge in [0, 0.05) is 50.9 Å². The zero-order valence-corrected chi connectivity index (χ0v) is 22.9. The number of nitrogens with one attached hydrogen (secondary N) is 2. The number of guanidine groups is 1. The largest absolute Gasteiger partial charge is 0.491 e. The van der Waals surface area contributed by atoms with Crippen molar-refractivity contribution in [3.63, 3.8) is 0 Å². The van der Waals surface area contributed by atoms with Gasteiger partial charge < -0.3 is 20.3 Å². The Balaban J connectivity index is 0.00000480. The molecule has 2 N–H and O–H groups in total. The molecular weight excluding hydrogens is 501 g/mol. The summed E-state index contributed by atoms with van der Waals surface area (Å²) in [6.07, 6.45) is 0.149. The van der Waals surface area contributed by atoms with Crippen molar-refractivity contribution in [3.05, 3.63) is 29.3 Å². The fourth-order valence-corrected chi connectivity index (χ4v) is 3.80. The molecular formula is C24H44IN5O. The highest BCUT2D eigenvalue weighted by atomic mass is 127. The van der Waals surface area contributed by atoms with Crippen molar-refractivity contribution in [2.24, 2.45) is 10.9 Å². The van der Waals surface area contributed by atoms with Gasteiger partial charge in [-0.15, -0.1) is 24.0 Å². The third-order valence-corrected chi connectivity index (χ3v) is 5.59. The minimum atomic E-state index is 0. The van der Waals surface area contributed by atoms with Gasteiger partial charge >= 0.3 is 0 Å². The molecule has 178 valence electrons. The number of piperazine rings is 1. The number of rotatable bonds is 9. The van der Waals surface area contributed by atoms with Crippen LogP contribution in [0.15, 0.2) is 23.2 Å². The summed E-state index contributed by atoms with van der Waals surface area (Å²) in [6.45, 7) is 19.8. The Hall–Kier alpha value is -1.06. The van der Waals surface area contributed by atoms with E-state index in [4.69, 9.17) is 9.73 Å². The number of nitrogens with zero attached hydrogens (tertiary/aromatic N) is 3. The summed E-state index contributed by atoms with van der Waals surface area (Å²) >= 11 is 0. The summed E-state index contributed by atoms with van der Waals surface area (Å²) in [5.41, 5.74) is 2.32. The highest BCUT2D eigenvalue weighted by Crippen LogP contribution is 2.22. The van der Waals surface area contributed by atoms with Crippen LogP contribution >= 0.6 is 24.0 Å². The number of halogens is 1. The quantitative estimate of drug-likeness (QED) is 0.282. The first kappa shape index (κ1) is 28.0. The van der Waals surface area contributed by atoms with Crippen molar-refractivity contribution in [2.45, 2.75) is 60.2 Å². The number of benzene rings is 1. The number of likely N-dealkylation sites (N-methyl/N-ethyl adjacent to an activating group) is 1. The Labute approximate surface area is 207 Å². The molecule has 0 aromatic heterocycles. The molecule has 1 heterocycles. The molecule has 2 rings (SSSR count). The average Bonchev–Trinajstić information content (AvgIpc) is 2.68. The van der Waals surface area contributed by atoms with Gasteiger partial charge in [0.25, 0.3) is 0 Å². The first-order valence-electron chi connectivity index (χ1n) is 11.5. The van der Waals surface area contributed by atoms with Crippen LogP contribution in [0.2, 0.25) is 0 Å². The summed E-state index contributed by atoms with van der Waals surface area (Å²) < 4.78 is 6.02. The van der Waals surface area contributed by atoms with Crippen molar-refractivity contribution >= 4 is 29.9 Å². The van der Waals surface area contributed by atoms with Gasteiger partial charge in [0.1, 0.15) is 5.75 Å². The van der Waals surface area contributed by atoms with Gasteiger partial charge in [-0.25, -0.2) is 4.99 Å². The van der Waals surface area contributed by atoms with Crippen LogP contribution in [-0.2, 0) is 6.54 Å². The molecule has 0 saturated carbocycles. The topological polar surface area (TPSA) is 52.1 Å². The first-order chi connectivity index (χ1) is 14.3. The van der Waals surface area contributed by atoms with Crippen molar-refractivity contribution in [3.8, 4) is 5.75 Å². The third kappa shape index (κ3) is 9.53. The fourth-order valence-electron chi connectivity index (χ4n) is 3.80. The standard InChI is InChI=1S/C24H43N5O.HI/c1-8-25-24(26-16-21-10-9-20(6)15-23(21)30-19(4)5)27-17-22(18(2)3)29-13-11-28(7)12-14-29;/h9-10,15,18-19,22H,8,11-14,16-17H2,1-7H3,(H2,25,26,27);1H. The molecule has 0 spiro atoms. The molecule has 1 aromatic carbocycles. The molecule has 31 heavy (non-hydrogen) atoms. The van der Waals surface area contributed by atoms with Crippen LogP contribution in [0.4, 0.5) is 0 Å². The van der Waals surface area contributed by atoms with Gasteiger partial charge in [0.05, 0.1) is 12.6 Å². The Morgan fingerprint density at radius 2 is 1.77 bits per heavy atom. The summed E-state index contributed by atoms with van der Waals surface area (Å²) in [7, 11) is 2.21. The maximum atomic E-state index is 6.02. The second-order valence-corrected chi connectivity index (χ2v) is 9.00. The van der Waals surface area contributed by atoms with Gasteiger partial charge in [0.15, 0.2) is 5.96 Å². The number of hydrogen-bond acceptors (Lipinski definition) is 4. The summed E-state index contributed by atoms with van der Waals surface area (Å²) in [5.74, 6) is 2.39. The van der Waals surface area contributed by atoms with Gasteiger partial charge in [0.2, 0.25) is 0 Å². The van der Waals surface area contributed by atoms with Crippen LogP contribution in [0.3, 0.4) is 0 Å². The van der Waals surface area contributed by atoms with Crippen molar-refractivity contribution in [2.75, 3.05) is 46.3 Å². The molecule has 1 atom stereocenters. The van der Waals surface area contributed by atoms with Gasteiger partial charge in [-0.1, -0.05) is 26.0 Å². The maximum Gasteiger partial charge on any atom is 0.191 e. The lowest BCUT2D eigenvalue weighted by Gasteiger charge is -2.40. The molecule has 7 heteroatoms. The van der Waals surface area contributed by atoms with Crippen LogP contribution < -0.4 is 15.4 Å². The van der Waals surface area contributed by atoms with Crippen LogP contribution in [0, 0.1) is 12.8 Å². The fraction of sp³-hybridized carbons (Fsp3) is 0.708. The van der Waals surface area contributed by atoms with Gasteiger partial charge in [-0.3, -0.25) is 4.90 Å². The number of aryl methyl sites for hydroxylation is 1. The van der Waals surface area contributed by atoms with Crippen LogP contribution in [0.25, 0.3) is 0 Å². The van der Waals surface area contributed by atoms with Crippen LogP contribution in [0.5, 0.6) is 5.75 Å². The van der Waals surface area contributed by atoms with Crippen molar-refractivity contribution in [1.82, 2.24) is 20.4 Å². The second-order valence-electron chi connectivity index (χ2n) is 9.00. The highest BCUT2D eigenvalue weighted by Gasteiger charge is 2.25. The Bertz CT molecular complexity index is 672. The molecule has 1 fully saturated rings. The Morgan fingerprint density at radius 3 is 2.35 bits per heavy atom. The molecule has 1 unspecified atom stereocenters. The minimum absolute atomic E-state index is 0. The molecule has 1 aliphatic rings. The number of aliphatic imine (C=N–C) groups is 1. The summed E-state index contributed by atoms with van der Waals surface area (Å²) in [5, 5.41) is 7.00. The second kappa shape index (κ2) is 14.2. The van der Waals surface area contributed by atoms with E-state index in [0.29, 0.717) is 18.5 Å². The molecule has 1 saturated heterocycles. The monoisotopic (exact) mass is 545 g/mol. The Morgan fingerprint density at radius 1 is 1.10 bits per heavy atom. The lowest BCUT2D eigenvalue weighted by atomic mass is 10.0. The molecule has 0 amide bonds. The first-order valence-corrected chi connectivity index (χ1v) is 11.5. The van der Waals surface area contributed by atoms with E-state index in [9.17, 15) is 0 Å².